The molecule has 0 aliphatic carbocycles. The van der Waals surface area contributed by atoms with Crippen molar-refractivity contribution in [2.45, 2.75) is 146 Å². The Bertz CT molecular complexity index is 2590. The summed E-state index contributed by atoms with van der Waals surface area (Å²) >= 11 is 0. The number of hydrogen-bond acceptors (Lipinski definition) is 17. The van der Waals surface area contributed by atoms with Gasteiger partial charge in [0.15, 0.2) is 0 Å². The van der Waals surface area contributed by atoms with E-state index in [1.807, 2.05) is 0 Å². The summed E-state index contributed by atoms with van der Waals surface area (Å²) in [6.45, 7) is 1.61. The van der Waals surface area contributed by atoms with Gasteiger partial charge in [-0.2, -0.15) is 0 Å². The molecule has 454 valence electrons. The lowest BCUT2D eigenvalue weighted by atomic mass is 10.0. The predicted octanol–water partition coefficient (Wildman–Crippen LogP) is -5.26. The number of carboxylic acids is 4. The Hall–Kier alpha value is -8.78. The summed E-state index contributed by atoms with van der Waals surface area (Å²) in [5, 5.41) is 59.3. The highest BCUT2D eigenvalue weighted by Crippen LogP contribution is 2.20. The number of benzene rings is 1. The second-order valence-corrected chi connectivity index (χ2v) is 19.4. The zero-order valence-corrected chi connectivity index (χ0v) is 45.4. The van der Waals surface area contributed by atoms with Crippen LogP contribution in [0.1, 0.15) is 96.5 Å². The Morgan fingerprint density at radius 3 is 1.50 bits per heavy atom. The van der Waals surface area contributed by atoms with E-state index in [-0.39, 0.29) is 25.8 Å². The summed E-state index contributed by atoms with van der Waals surface area (Å²) in [4.78, 5) is 182. The van der Waals surface area contributed by atoms with Crippen molar-refractivity contribution in [2.24, 2.45) is 28.9 Å². The molecule has 1 heterocycles. The summed E-state index contributed by atoms with van der Waals surface area (Å²) in [6, 6.07) is -5.38. The molecule has 32 heteroatoms. The molecule has 0 saturated heterocycles. The topological polar surface area (TPSA) is 548 Å². The number of primary amides is 1. The Morgan fingerprint density at radius 1 is 0.512 bits per heavy atom. The Balaban J connectivity index is 2.16. The molecule has 0 saturated carbocycles. The normalized spacial score (nSPS) is 13.9. The Labute approximate surface area is 469 Å². The first-order chi connectivity index (χ1) is 38.7. The maximum atomic E-state index is 13.6. The van der Waals surface area contributed by atoms with Gasteiger partial charge in [0.1, 0.15) is 42.3 Å². The standard InChI is InChI=1S/C50H76N14O18/c1-25(2)42(49(80)63-35(50(81)82)19-26-22-55-29-11-4-3-9-27(26)29)64-48(79)33(20-36(54)65)59-38(67)24-56-44(75)31(13-15-39(68)69)58-37(66)23-57-45(76)34(21-41(72)73)62-47(78)32(14-16-40(70)71)61-46(77)30(12-6-8-18-52)60-43(74)28(53)10-5-7-17-51/h3-4,9,11,22,25,28,30-35,42,55H,5-8,10,12-21,23-24,51-53H2,1-2H3,(H2,54,65)(H,56,75)(H,57,76)(H,58,66)(H,59,67)(H,60,74)(H,61,77)(H,62,78)(H,63,80)(H,64,79)(H,68,69)(H,70,71)(H,72,73)(H,81,82)/t28-,30-,31-,32-,33-,34-,35-,42-/m0/s1. The minimum Gasteiger partial charge on any atom is -0.481 e. The van der Waals surface area contributed by atoms with Crippen LogP contribution in [-0.2, 0) is 73.5 Å². The number of aromatic nitrogens is 1. The molecule has 8 atom stereocenters. The monoisotopic (exact) mass is 1160 g/mol. The summed E-state index contributed by atoms with van der Waals surface area (Å²) < 4.78 is 0. The van der Waals surface area contributed by atoms with Crippen LogP contribution in [0.15, 0.2) is 30.5 Å². The average molecular weight is 1160 g/mol. The second kappa shape index (κ2) is 35.8. The third-order valence-corrected chi connectivity index (χ3v) is 12.3. The fourth-order valence-corrected chi connectivity index (χ4v) is 7.93. The van der Waals surface area contributed by atoms with Crippen molar-refractivity contribution in [1.82, 2.24) is 52.8 Å². The lowest BCUT2D eigenvalue weighted by molar-refractivity contribution is -0.142. The first-order valence-electron chi connectivity index (χ1n) is 26.2. The number of unbranched alkanes of at least 4 members (excludes halogenated alkanes) is 2. The molecule has 0 aliphatic heterocycles. The second-order valence-electron chi connectivity index (χ2n) is 19.4. The zero-order chi connectivity index (χ0) is 61.6. The quantitative estimate of drug-likeness (QED) is 0.0277. The van der Waals surface area contributed by atoms with Crippen LogP contribution in [0.25, 0.3) is 10.9 Å². The lowest BCUT2D eigenvalue weighted by Crippen LogP contribution is -2.59. The molecular formula is C50H76N14O18. The number of para-hydroxylation sites is 1. The smallest absolute Gasteiger partial charge is 0.326 e. The molecule has 0 bridgehead atoms. The SMILES string of the molecule is CC(C)[C@H](NC(=O)[C@H](CC(N)=O)NC(=O)CNC(=O)[C@H](CCC(=O)O)NC(=O)CNC(=O)[C@H](CC(=O)O)NC(=O)[C@H](CCC(=O)O)NC(=O)[C@H](CCCCN)NC(=O)[C@@H](N)CCCCN)C(=O)N[C@@H](Cc1c[nH]c2ccccc12)C(=O)O. The molecule has 2 rings (SSSR count). The maximum Gasteiger partial charge on any atom is 0.326 e. The molecule has 10 amide bonds. The van der Waals surface area contributed by atoms with Gasteiger partial charge in [-0.1, -0.05) is 38.5 Å². The van der Waals surface area contributed by atoms with E-state index in [1.165, 1.54) is 13.8 Å². The van der Waals surface area contributed by atoms with Gasteiger partial charge in [-0.25, -0.2) is 4.79 Å². The molecule has 0 unspecified atom stereocenters. The predicted molar refractivity (Wildman–Crippen MR) is 288 cm³/mol. The largest absolute Gasteiger partial charge is 0.481 e. The number of carbonyl (C=O) groups excluding carboxylic acids is 10. The first-order valence-corrected chi connectivity index (χ1v) is 26.2. The molecule has 0 fully saturated rings. The van der Waals surface area contributed by atoms with Gasteiger partial charge in [-0.15, -0.1) is 0 Å². The lowest BCUT2D eigenvalue weighted by Gasteiger charge is -2.26. The van der Waals surface area contributed by atoms with Crippen molar-refractivity contribution in [3.05, 3.63) is 36.0 Å². The van der Waals surface area contributed by atoms with E-state index in [0.29, 0.717) is 43.2 Å². The number of carbonyl (C=O) groups is 14. The van der Waals surface area contributed by atoms with Gasteiger partial charge in [-0.3, -0.25) is 62.3 Å². The Kier molecular flexibility index (Phi) is 30.2. The van der Waals surface area contributed by atoms with Gasteiger partial charge in [0.2, 0.25) is 59.1 Å². The number of H-pyrrole nitrogens is 1. The molecular weight excluding hydrogens is 1080 g/mol. The highest BCUT2D eigenvalue weighted by atomic mass is 16.4. The number of carboxylic acid groups (broad SMARTS) is 4. The Morgan fingerprint density at radius 2 is 0.976 bits per heavy atom. The minimum atomic E-state index is -1.99. The maximum absolute atomic E-state index is 13.6. The van der Waals surface area contributed by atoms with E-state index in [0.717, 1.165) is 5.52 Å². The fourth-order valence-electron chi connectivity index (χ4n) is 7.93. The molecule has 82 heavy (non-hydrogen) atoms. The molecule has 1 aromatic carbocycles. The van der Waals surface area contributed by atoms with Crippen LogP contribution in [0.2, 0.25) is 0 Å². The summed E-state index contributed by atoms with van der Waals surface area (Å²) in [5.74, 6) is -17.4. The average Bonchev–Trinajstić information content (AvgIpc) is 3.82. The van der Waals surface area contributed by atoms with Gasteiger partial charge in [0.25, 0.3) is 0 Å². The highest BCUT2D eigenvalue weighted by Gasteiger charge is 2.35. The van der Waals surface area contributed by atoms with Crippen LogP contribution >= 0.6 is 0 Å². The number of nitrogens with one attached hydrogen (secondary N) is 10. The van der Waals surface area contributed by atoms with Crippen molar-refractivity contribution in [1.29, 1.82) is 0 Å². The molecule has 32 nitrogen and oxygen atoms in total. The molecule has 0 spiro atoms. The molecule has 0 aliphatic rings. The third-order valence-electron chi connectivity index (χ3n) is 12.3. The number of nitrogens with two attached hydrogens (primary N) is 4. The van der Waals surface area contributed by atoms with Crippen molar-refractivity contribution >= 4 is 93.9 Å². The van der Waals surface area contributed by atoms with Crippen molar-refractivity contribution in [2.75, 3.05) is 26.2 Å². The third kappa shape index (κ3) is 25.6. The number of hydrogen-bond donors (Lipinski definition) is 18. The fraction of sp³-hybridized carbons (Fsp3) is 0.560. The van der Waals surface area contributed by atoms with Crippen LogP contribution < -0.4 is 70.8 Å². The van der Waals surface area contributed by atoms with Gasteiger partial charge in [0, 0.05) is 36.4 Å². The van der Waals surface area contributed by atoms with E-state index in [4.69, 9.17) is 22.9 Å². The van der Waals surface area contributed by atoms with E-state index in [9.17, 15) is 87.5 Å². The number of aliphatic carboxylic acids is 4. The summed E-state index contributed by atoms with van der Waals surface area (Å²) in [7, 11) is 0. The highest BCUT2D eigenvalue weighted by molar-refractivity contribution is 5.99. The van der Waals surface area contributed by atoms with Crippen LogP contribution in [0.3, 0.4) is 0 Å². The molecule has 22 N–H and O–H groups in total. The first kappa shape index (κ1) is 69.3. The van der Waals surface area contributed by atoms with Crippen LogP contribution in [0.4, 0.5) is 0 Å². The van der Waals surface area contributed by atoms with E-state index in [2.05, 4.69) is 52.8 Å². The van der Waals surface area contributed by atoms with E-state index >= 15 is 0 Å². The van der Waals surface area contributed by atoms with Gasteiger partial charge in [-0.05, 0) is 75.6 Å². The van der Waals surface area contributed by atoms with Crippen LogP contribution in [0, 0.1) is 5.92 Å². The number of amides is 10. The van der Waals surface area contributed by atoms with E-state index < -0.39 is 189 Å². The molecule has 2 aromatic rings. The van der Waals surface area contributed by atoms with Crippen LogP contribution in [-0.4, -0.2) is 183 Å². The van der Waals surface area contributed by atoms with Crippen molar-refractivity contribution in [3.8, 4) is 0 Å². The number of aromatic amines is 1. The van der Waals surface area contributed by atoms with Gasteiger partial charge >= 0.3 is 23.9 Å². The minimum absolute atomic E-state index is 0.00962. The summed E-state index contributed by atoms with van der Waals surface area (Å²) in [6.07, 6.45) is -1.09. The zero-order valence-electron chi connectivity index (χ0n) is 45.4. The molecule has 0 radical (unpaired) electrons. The summed E-state index contributed by atoms with van der Waals surface area (Å²) in [5.41, 5.74) is 23.7. The van der Waals surface area contributed by atoms with Gasteiger partial charge in [0.05, 0.1) is 32.0 Å². The van der Waals surface area contributed by atoms with Crippen LogP contribution in [0.5, 0.6) is 0 Å². The van der Waals surface area contributed by atoms with Crippen molar-refractivity contribution in [3.63, 3.8) is 0 Å². The number of rotatable bonds is 40. The van der Waals surface area contributed by atoms with Crippen molar-refractivity contribution < 1.29 is 87.5 Å². The van der Waals surface area contributed by atoms with E-state index in [1.54, 1.807) is 30.5 Å². The van der Waals surface area contributed by atoms with Gasteiger partial charge < -0.3 is 96.2 Å². The molecule has 1 aromatic heterocycles. The number of fused-ring (bicyclic) bond motifs is 1.